The van der Waals surface area contributed by atoms with Crippen LogP contribution in [0.5, 0.6) is 0 Å². The summed E-state index contributed by atoms with van der Waals surface area (Å²) >= 11 is 0. The van der Waals surface area contributed by atoms with Crippen molar-refractivity contribution in [2.24, 2.45) is 0 Å². The van der Waals surface area contributed by atoms with Gasteiger partial charge in [0.25, 0.3) is 0 Å². The van der Waals surface area contributed by atoms with Gasteiger partial charge in [0, 0.05) is 12.1 Å². The van der Waals surface area contributed by atoms with Crippen LogP contribution >= 0.6 is 0 Å². The van der Waals surface area contributed by atoms with Crippen LogP contribution in [-0.4, -0.2) is 16.9 Å². The molecule has 126 valence electrons. The molecule has 1 aromatic carbocycles. The summed E-state index contributed by atoms with van der Waals surface area (Å²) < 4.78 is 4.86. The second-order valence-electron chi connectivity index (χ2n) is 6.12. The van der Waals surface area contributed by atoms with Crippen LogP contribution in [0.3, 0.4) is 0 Å². The molecule has 0 amide bonds. The van der Waals surface area contributed by atoms with Crippen molar-refractivity contribution >= 4 is 22.8 Å². The number of benzene rings is 1. The molecule has 1 heterocycles. The van der Waals surface area contributed by atoms with E-state index in [9.17, 15) is 0 Å². The molecule has 0 spiro atoms. The Kier molecular flexibility index (Phi) is 7.64. The van der Waals surface area contributed by atoms with Gasteiger partial charge in [0.2, 0.25) is 0 Å². The minimum atomic E-state index is 0.775. The molecule has 4 heteroatoms. The number of fused-ring (bicyclic) bond motifs is 1. The standard InChI is InChI=1S/C19H29N3O/c1-3-5-6-7-8-9-10-11-12-15-20-17-14-13-16(4-2)18-19(17)22-23-21-18/h4,13-14,20H,2-3,5-12,15H2,1H3. The highest BCUT2D eigenvalue weighted by Crippen LogP contribution is 2.24. The maximum Gasteiger partial charge on any atom is 0.158 e. The smallest absolute Gasteiger partial charge is 0.158 e. The third-order valence-electron chi connectivity index (χ3n) is 4.26. The summed E-state index contributed by atoms with van der Waals surface area (Å²) in [6, 6.07) is 4.02. The van der Waals surface area contributed by atoms with Gasteiger partial charge in [0.05, 0.1) is 5.69 Å². The number of rotatable bonds is 12. The molecule has 1 N–H and O–H groups in total. The lowest BCUT2D eigenvalue weighted by atomic mass is 10.1. The number of hydrogen-bond donors (Lipinski definition) is 1. The number of anilines is 1. The van der Waals surface area contributed by atoms with Crippen molar-refractivity contribution in [3.8, 4) is 0 Å². The lowest BCUT2D eigenvalue weighted by molar-refractivity contribution is 0.315. The molecule has 2 aromatic rings. The van der Waals surface area contributed by atoms with Crippen molar-refractivity contribution in [3.63, 3.8) is 0 Å². The lowest BCUT2D eigenvalue weighted by Gasteiger charge is -2.07. The molecule has 0 saturated carbocycles. The number of unbranched alkanes of at least 4 members (excludes halogenated alkanes) is 8. The molecule has 0 fully saturated rings. The second-order valence-corrected chi connectivity index (χ2v) is 6.12. The fourth-order valence-electron chi connectivity index (χ4n) is 2.85. The normalized spacial score (nSPS) is 11.0. The molecule has 1 aromatic heterocycles. The van der Waals surface area contributed by atoms with E-state index < -0.39 is 0 Å². The molecule has 2 rings (SSSR count). The van der Waals surface area contributed by atoms with Crippen LogP contribution in [0, 0.1) is 0 Å². The molecule has 0 aliphatic heterocycles. The largest absolute Gasteiger partial charge is 0.383 e. The van der Waals surface area contributed by atoms with Crippen LogP contribution in [0.2, 0.25) is 0 Å². The average molecular weight is 315 g/mol. The average Bonchev–Trinajstić information content (AvgIpc) is 3.06. The lowest BCUT2D eigenvalue weighted by Crippen LogP contribution is -2.02. The van der Waals surface area contributed by atoms with Crippen molar-refractivity contribution in [2.75, 3.05) is 11.9 Å². The van der Waals surface area contributed by atoms with Gasteiger partial charge < -0.3 is 5.32 Å². The van der Waals surface area contributed by atoms with E-state index in [4.69, 9.17) is 4.63 Å². The topological polar surface area (TPSA) is 51.0 Å². The number of hydrogen-bond acceptors (Lipinski definition) is 4. The molecule has 0 radical (unpaired) electrons. The molecule has 0 bridgehead atoms. The van der Waals surface area contributed by atoms with Gasteiger partial charge in [0.1, 0.15) is 5.52 Å². The summed E-state index contributed by atoms with van der Waals surface area (Å²) in [6.45, 7) is 7.02. The summed E-state index contributed by atoms with van der Waals surface area (Å²) in [4.78, 5) is 0. The van der Waals surface area contributed by atoms with E-state index in [-0.39, 0.29) is 0 Å². The first kappa shape index (κ1) is 17.5. The van der Waals surface area contributed by atoms with Crippen LogP contribution in [0.1, 0.15) is 70.3 Å². The predicted molar refractivity (Wildman–Crippen MR) is 97.6 cm³/mol. The van der Waals surface area contributed by atoms with Crippen LogP contribution in [-0.2, 0) is 0 Å². The Morgan fingerprint density at radius 2 is 1.61 bits per heavy atom. The zero-order valence-electron chi connectivity index (χ0n) is 14.3. The second kappa shape index (κ2) is 10.0. The van der Waals surface area contributed by atoms with E-state index in [1.807, 2.05) is 12.1 Å². The SMILES string of the molecule is C=Cc1ccc(NCCCCCCCCCCC)c2nonc12. The van der Waals surface area contributed by atoms with Crippen LogP contribution in [0.15, 0.2) is 23.3 Å². The highest BCUT2D eigenvalue weighted by molar-refractivity contribution is 5.92. The molecule has 0 aliphatic carbocycles. The monoisotopic (exact) mass is 315 g/mol. The van der Waals surface area contributed by atoms with E-state index >= 15 is 0 Å². The zero-order valence-corrected chi connectivity index (χ0v) is 14.3. The summed E-state index contributed by atoms with van der Waals surface area (Å²) in [7, 11) is 0. The molecule has 0 unspecified atom stereocenters. The van der Waals surface area contributed by atoms with Crippen LogP contribution in [0.25, 0.3) is 17.1 Å². The molecule has 0 atom stereocenters. The van der Waals surface area contributed by atoms with Gasteiger partial charge in [-0.25, -0.2) is 4.63 Å². The van der Waals surface area contributed by atoms with E-state index in [2.05, 4.69) is 29.1 Å². The molecule has 0 aliphatic rings. The Labute approximate surface area is 139 Å². The predicted octanol–water partition coefficient (Wildman–Crippen LogP) is 5.81. The first-order valence-electron chi connectivity index (χ1n) is 8.98. The van der Waals surface area contributed by atoms with Crippen molar-refractivity contribution in [1.29, 1.82) is 0 Å². The molecular formula is C19H29N3O. The summed E-state index contributed by atoms with van der Waals surface area (Å²) in [5, 5.41) is 11.4. The molecule has 4 nitrogen and oxygen atoms in total. The Balaban J connectivity index is 1.64. The fraction of sp³-hybridized carbons (Fsp3) is 0.579. The van der Waals surface area contributed by atoms with E-state index in [1.165, 1.54) is 57.8 Å². The Hall–Kier alpha value is -1.84. The third kappa shape index (κ3) is 5.38. The number of nitrogens with zero attached hydrogens (tertiary/aromatic N) is 2. The zero-order chi connectivity index (χ0) is 16.3. The summed E-state index contributed by atoms with van der Waals surface area (Å²) in [5.41, 5.74) is 3.51. The van der Waals surface area contributed by atoms with Gasteiger partial charge in [-0.3, -0.25) is 0 Å². The Morgan fingerprint density at radius 3 is 2.30 bits per heavy atom. The highest BCUT2D eigenvalue weighted by atomic mass is 16.6. The fourth-order valence-corrected chi connectivity index (χ4v) is 2.85. The van der Waals surface area contributed by atoms with Gasteiger partial charge in [-0.2, -0.15) is 0 Å². The first-order valence-corrected chi connectivity index (χ1v) is 8.98. The Morgan fingerprint density at radius 1 is 0.957 bits per heavy atom. The number of nitrogens with one attached hydrogen (secondary N) is 1. The first-order chi connectivity index (χ1) is 11.4. The van der Waals surface area contributed by atoms with Crippen molar-refractivity contribution < 1.29 is 4.63 Å². The summed E-state index contributed by atoms with van der Waals surface area (Å²) in [5.74, 6) is 0. The van der Waals surface area contributed by atoms with Gasteiger partial charge in [-0.15, -0.1) is 0 Å². The van der Waals surface area contributed by atoms with Crippen molar-refractivity contribution in [3.05, 3.63) is 24.3 Å². The maximum atomic E-state index is 4.86. The number of aromatic nitrogens is 2. The van der Waals surface area contributed by atoms with E-state index in [1.54, 1.807) is 6.08 Å². The molecule has 0 saturated heterocycles. The minimum Gasteiger partial charge on any atom is -0.383 e. The van der Waals surface area contributed by atoms with Crippen molar-refractivity contribution in [2.45, 2.75) is 64.7 Å². The molecule has 23 heavy (non-hydrogen) atoms. The van der Waals surface area contributed by atoms with Crippen LogP contribution < -0.4 is 5.32 Å². The summed E-state index contributed by atoms with van der Waals surface area (Å²) in [6.07, 6.45) is 13.9. The third-order valence-corrected chi connectivity index (χ3v) is 4.26. The van der Waals surface area contributed by atoms with Gasteiger partial charge in [-0.05, 0) is 22.8 Å². The van der Waals surface area contributed by atoms with Crippen LogP contribution in [0.4, 0.5) is 5.69 Å². The van der Waals surface area contributed by atoms with Gasteiger partial charge >= 0.3 is 0 Å². The Bertz CT molecular complexity index is 591. The minimum absolute atomic E-state index is 0.775. The quantitative estimate of drug-likeness (QED) is 0.502. The highest BCUT2D eigenvalue weighted by Gasteiger charge is 2.09. The molecular weight excluding hydrogens is 286 g/mol. The van der Waals surface area contributed by atoms with E-state index in [0.29, 0.717) is 0 Å². The maximum absolute atomic E-state index is 4.86. The van der Waals surface area contributed by atoms with E-state index in [0.717, 1.165) is 28.8 Å². The van der Waals surface area contributed by atoms with Crippen molar-refractivity contribution in [1.82, 2.24) is 10.3 Å². The van der Waals surface area contributed by atoms with Gasteiger partial charge in [-0.1, -0.05) is 77.0 Å². The van der Waals surface area contributed by atoms with Gasteiger partial charge in [0.15, 0.2) is 5.52 Å².